The van der Waals surface area contributed by atoms with E-state index in [2.05, 4.69) is 15.5 Å². The van der Waals surface area contributed by atoms with Crippen LogP contribution in [0.2, 0.25) is 0 Å². The van der Waals surface area contributed by atoms with Gasteiger partial charge in [0.25, 0.3) is 0 Å². The molecule has 0 radical (unpaired) electrons. The van der Waals surface area contributed by atoms with Crippen LogP contribution in [-0.4, -0.2) is 27.2 Å². The van der Waals surface area contributed by atoms with Gasteiger partial charge in [-0.1, -0.05) is 37.5 Å². The second-order valence-corrected chi connectivity index (χ2v) is 9.19. The Morgan fingerprint density at radius 1 is 1.23 bits per heavy atom. The first-order chi connectivity index (χ1) is 14.6. The predicted octanol–water partition coefficient (Wildman–Crippen LogP) is 5.22. The summed E-state index contributed by atoms with van der Waals surface area (Å²) in [5, 5.41) is 12.3. The summed E-state index contributed by atoms with van der Waals surface area (Å²) in [6.07, 6.45) is 5.80. The highest BCUT2D eigenvalue weighted by atomic mass is 32.1. The molecule has 4 rings (SSSR count). The Morgan fingerprint density at radius 2 is 2.00 bits per heavy atom. The number of hydrogen-bond acceptors (Lipinski definition) is 4. The maximum Gasteiger partial charge on any atom is 0.221 e. The van der Waals surface area contributed by atoms with Gasteiger partial charge in [-0.05, 0) is 54.2 Å². The normalized spacial score (nSPS) is 15.8. The second kappa shape index (κ2) is 9.22. The number of aromatic amines is 1. The van der Waals surface area contributed by atoms with Crippen molar-refractivity contribution in [2.24, 2.45) is 0 Å². The van der Waals surface area contributed by atoms with Gasteiger partial charge >= 0.3 is 0 Å². The molecule has 1 aromatic carbocycles. The molecule has 2 heterocycles. The molecule has 1 saturated carbocycles. The minimum absolute atomic E-state index is 0.0118. The van der Waals surface area contributed by atoms with Crippen molar-refractivity contribution >= 4 is 29.5 Å². The zero-order valence-electron chi connectivity index (χ0n) is 16.7. The van der Waals surface area contributed by atoms with Crippen molar-refractivity contribution < 1.29 is 9.18 Å². The number of nitrogens with one attached hydrogen (secondary N) is 2. The average Bonchev–Trinajstić information content (AvgIpc) is 3.41. The average molecular weight is 445 g/mol. The highest BCUT2D eigenvalue weighted by molar-refractivity contribution is 7.71. The third-order valence-corrected chi connectivity index (χ3v) is 7.13. The molecule has 1 aliphatic carbocycles. The molecule has 5 nitrogen and oxygen atoms in total. The van der Waals surface area contributed by atoms with Crippen molar-refractivity contribution in [3.8, 4) is 10.7 Å². The van der Waals surface area contributed by atoms with E-state index in [4.69, 9.17) is 12.2 Å². The topological polar surface area (TPSA) is 62.7 Å². The lowest BCUT2D eigenvalue weighted by atomic mass is 9.69. The third kappa shape index (κ3) is 4.54. The number of hydrogen-bond donors (Lipinski definition) is 2. The van der Waals surface area contributed by atoms with Gasteiger partial charge in [-0.3, -0.25) is 14.5 Å². The summed E-state index contributed by atoms with van der Waals surface area (Å²) in [4.78, 5) is 13.7. The molecule has 0 saturated heterocycles. The van der Waals surface area contributed by atoms with Crippen molar-refractivity contribution in [1.29, 1.82) is 0 Å². The molecule has 158 valence electrons. The molecule has 0 aliphatic heterocycles. The molecule has 0 unspecified atom stereocenters. The standard InChI is InChI=1S/C22H25FN4OS2/c23-17-8-6-16(7-9-17)22(11-2-1-3-12-22)15-24-19(28)10-13-27-20(25-26-21(27)29)18-5-4-14-30-18/h4-9,14H,1-3,10-13,15H2,(H,24,28)(H,26,29). The van der Waals surface area contributed by atoms with Gasteiger partial charge in [-0.15, -0.1) is 11.3 Å². The first-order valence-corrected chi connectivity index (χ1v) is 11.6. The van der Waals surface area contributed by atoms with Crippen molar-refractivity contribution in [2.75, 3.05) is 6.54 Å². The molecule has 0 spiro atoms. The molecule has 2 N–H and O–H groups in total. The number of rotatable bonds is 7. The summed E-state index contributed by atoms with van der Waals surface area (Å²) in [5.74, 6) is 0.521. The van der Waals surface area contributed by atoms with E-state index in [1.807, 2.05) is 34.2 Å². The summed E-state index contributed by atoms with van der Waals surface area (Å²) in [6.45, 7) is 1.05. The fraction of sp³-hybridized carbons (Fsp3) is 0.409. The number of amides is 1. The van der Waals surface area contributed by atoms with Crippen LogP contribution in [0.1, 0.15) is 44.1 Å². The fourth-order valence-corrected chi connectivity index (χ4v) is 5.23. The minimum atomic E-state index is -0.229. The van der Waals surface area contributed by atoms with E-state index in [0.29, 0.717) is 24.3 Å². The number of carbonyl (C=O) groups is 1. The van der Waals surface area contributed by atoms with E-state index < -0.39 is 0 Å². The molecule has 0 atom stereocenters. The highest BCUT2D eigenvalue weighted by Gasteiger charge is 2.34. The molecular formula is C22H25FN4OS2. The lowest BCUT2D eigenvalue weighted by Crippen LogP contribution is -2.42. The van der Waals surface area contributed by atoms with Crippen LogP contribution < -0.4 is 5.32 Å². The Morgan fingerprint density at radius 3 is 2.70 bits per heavy atom. The van der Waals surface area contributed by atoms with Gasteiger partial charge in [-0.25, -0.2) is 4.39 Å². The van der Waals surface area contributed by atoms with Gasteiger partial charge < -0.3 is 5.32 Å². The first kappa shape index (κ1) is 20.9. The monoisotopic (exact) mass is 444 g/mol. The van der Waals surface area contributed by atoms with E-state index in [9.17, 15) is 9.18 Å². The lowest BCUT2D eigenvalue weighted by Gasteiger charge is -2.38. The predicted molar refractivity (Wildman–Crippen MR) is 120 cm³/mol. The summed E-state index contributed by atoms with van der Waals surface area (Å²) in [6, 6.07) is 10.7. The number of carbonyl (C=O) groups excluding carboxylic acids is 1. The minimum Gasteiger partial charge on any atom is -0.355 e. The Labute approximate surface area is 184 Å². The van der Waals surface area contributed by atoms with Crippen molar-refractivity contribution in [2.45, 2.75) is 50.5 Å². The maximum absolute atomic E-state index is 13.4. The number of aromatic nitrogens is 3. The fourth-order valence-electron chi connectivity index (χ4n) is 4.29. The molecular weight excluding hydrogens is 419 g/mol. The van der Waals surface area contributed by atoms with Crippen LogP contribution in [-0.2, 0) is 16.8 Å². The SMILES string of the molecule is O=C(CCn1c(-c2cccs2)n[nH]c1=S)NCC1(c2ccc(F)cc2)CCCCC1. The van der Waals surface area contributed by atoms with Crippen LogP contribution in [0.15, 0.2) is 41.8 Å². The van der Waals surface area contributed by atoms with Crippen LogP contribution in [0.25, 0.3) is 10.7 Å². The Hall–Kier alpha value is -2.32. The van der Waals surface area contributed by atoms with Gasteiger partial charge in [0.05, 0.1) is 4.88 Å². The number of halogens is 1. The van der Waals surface area contributed by atoms with Crippen molar-refractivity contribution in [3.63, 3.8) is 0 Å². The maximum atomic E-state index is 13.4. The first-order valence-electron chi connectivity index (χ1n) is 10.3. The van der Waals surface area contributed by atoms with Crippen LogP contribution in [0, 0.1) is 10.6 Å². The summed E-state index contributed by atoms with van der Waals surface area (Å²) in [7, 11) is 0. The third-order valence-electron chi connectivity index (χ3n) is 5.95. The molecule has 3 aromatic rings. The lowest BCUT2D eigenvalue weighted by molar-refractivity contribution is -0.121. The number of thiophene rings is 1. The highest BCUT2D eigenvalue weighted by Crippen LogP contribution is 2.39. The van der Waals surface area contributed by atoms with Gasteiger partial charge in [0.2, 0.25) is 5.91 Å². The molecule has 30 heavy (non-hydrogen) atoms. The van der Waals surface area contributed by atoms with Crippen LogP contribution in [0.4, 0.5) is 4.39 Å². The van der Waals surface area contributed by atoms with Gasteiger partial charge in [0.15, 0.2) is 10.6 Å². The molecule has 8 heteroatoms. The van der Waals surface area contributed by atoms with Gasteiger partial charge in [0.1, 0.15) is 5.82 Å². The molecule has 1 amide bonds. The summed E-state index contributed by atoms with van der Waals surface area (Å²) in [5.41, 5.74) is 0.997. The van der Waals surface area contributed by atoms with Gasteiger partial charge in [0, 0.05) is 24.9 Å². The van der Waals surface area contributed by atoms with E-state index in [-0.39, 0.29) is 17.1 Å². The van der Waals surface area contributed by atoms with Crippen molar-refractivity contribution in [3.05, 3.63) is 57.9 Å². The van der Waals surface area contributed by atoms with E-state index in [0.717, 1.165) is 41.9 Å². The molecule has 1 aliphatic rings. The van der Waals surface area contributed by atoms with E-state index >= 15 is 0 Å². The van der Waals surface area contributed by atoms with Crippen molar-refractivity contribution in [1.82, 2.24) is 20.1 Å². The number of H-pyrrole nitrogens is 1. The zero-order chi connectivity index (χ0) is 21.0. The number of nitrogens with zero attached hydrogens (tertiary/aromatic N) is 2. The quantitative estimate of drug-likeness (QED) is 0.491. The Bertz CT molecular complexity index is 1030. The summed E-state index contributed by atoms with van der Waals surface area (Å²) < 4.78 is 15.8. The van der Waals surface area contributed by atoms with Crippen LogP contribution in [0.3, 0.4) is 0 Å². The van der Waals surface area contributed by atoms with Crippen LogP contribution in [0.5, 0.6) is 0 Å². The molecule has 0 bridgehead atoms. The van der Waals surface area contributed by atoms with Crippen LogP contribution >= 0.6 is 23.6 Å². The Balaban J connectivity index is 1.41. The molecule has 1 fully saturated rings. The summed E-state index contributed by atoms with van der Waals surface area (Å²) >= 11 is 6.93. The smallest absolute Gasteiger partial charge is 0.221 e. The van der Waals surface area contributed by atoms with Gasteiger partial charge in [-0.2, -0.15) is 5.10 Å². The van der Waals surface area contributed by atoms with E-state index in [1.165, 1.54) is 18.6 Å². The number of benzene rings is 1. The largest absolute Gasteiger partial charge is 0.355 e. The zero-order valence-corrected chi connectivity index (χ0v) is 18.3. The van der Waals surface area contributed by atoms with E-state index in [1.54, 1.807) is 11.3 Å². The second-order valence-electron chi connectivity index (χ2n) is 7.86. The molecule has 2 aromatic heterocycles. The Kier molecular flexibility index (Phi) is 6.43.